The molecule has 1 saturated heterocycles. The third kappa shape index (κ3) is 3.23. The first-order chi connectivity index (χ1) is 9.34. The van der Waals surface area contributed by atoms with Crippen LogP contribution in [-0.2, 0) is 14.8 Å². The van der Waals surface area contributed by atoms with E-state index in [1.165, 1.54) is 4.31 Å². The number of benzene rings is 1. The fraction of sp³-hybridized carbons (Fsp3) is 0.538. The van der Waals surface area contributed by atoms with Crippen LogP contribution in [0.1, 0.15) is 12.5 Å². The van der Waals surface area contributed by atoms with Gasteiger partial charge in [-0.2, -0.15) is 4.31 Å². The molecular formula is C13H18BrNO4S. The predicted molar refractivity (Wildman–Crippen MR) is 79.1 cm³/mol. The van der Waals surface area contributed by atoms with Crippen molar-refractivity contribution in [2.45, 2.75) is 31.0 Å². The second-order valence-corrected chi connectivity index (χ2v) is 7.77. The van der Waals surface area contributed by atoms with Crippen molar-refractivity contribution in [3.63, 3.8) is 0 Å². The molecule has 0 spiro atoms. The summed E-state index contributed by atoms with van der Waals surface area (Å²) in [5, 5.41) is 9.20. The minimum absolute atomic E-state index is 0.170. The van der Waals surface area contributed by atoms with Gasteiger partial charge in [-0.1, -0.05) is 6.07 Å². The summed E-state index contributed by atoms with van der Waals surface area (Å²) < 4.78 is 32.8. The van der Waals surface area contributed by atoms with Crippen LogP contribution in [0.2, 0.25) is 0 Å². The zero-order chi connectivity index (χ0) is 14.9. The Morgan fingerprint density at radius 1 is 1.45 bits per heavy atom. The van der Waals surface area contributed by atoms with Crippen LogP contribution in [0, 0.1) is 6.92 Å². The van der Waals surface area contributed by atoms with E-state index in [-0.39, 0.29) is 24.2 Å². The van der Waals surface area contributed by atoms with Crippen LogP contribution in [-0.4, -0.2) is 49.7 Å². The number of aliphatic hydroxyl groups is 1. The molecule has 0 aromatic heterocycles. The van der Waals surface area contributed by atoms with E-state index in [0.717, 1.165) is 5.56 Å². The third-order valence-corrected chi connectivity index (χ3v) is 6.01. The van der Waals surface area contributed by atoms with E-state index in [9.17, 15) is 13.5 Å². The molecule has 2 atom stereocenters. The molecule has 1 aliphatic heterocycles. The molecule has 0 saturated carbocycles. The lowest BCUT2D eigenvalue weighted by atomic mass is 10.2. The Morgan fingerprint density at radius 2 is 2.15 bits per heavy atom. The van der Waals surface area contributed by atoms with Crippen molar-refractivity contribution in [2.24, 2.45) is 0 Å². The number of rotatable bonds is 3. The van der Waals surface area contributed by atoms with Gasteiger partial charge < -0.3 is 9.84 Å². The van der Waals surface area contributed by atoms with Crippen LogP contribution in [0.4, 0.5) is 0 Å². The first kappa shape index (κ1) is 15.9. The second-order valence-electron chi connectivity index (χ2n) is 5.01. The van der Waals surface area contributed by atoms with E-state index in [4.69, 9.17) is 4.74 Å². The van der Waals surface area contributed by atoms with Gasteiger partial charge >= 0.3 is 0 Å². The van der Waals surface area contributed by atoms with E-state index >= 15 is 0 Å². The highest BCUT2D eigenvalue weighted by atomic mass is 79.9. The van der Waals surface area contributed by atoms with Gasteiger partial charge in [-0.25, -0.2) is 8.42 Å². The van der Waals surface area contributed by atoms with E-state index in [0.29, 0.717) is 11.0 Å². The van der Waals surface area contributed by atoms with Crippen molar-refractivity contribution in [1.82, 2.24) is 4.31 Å². The smallest absolute Gasteiger partial charge is 0.244 e. The molecule has 0 radical (unpaired) electrons. The van der Waals surface area contributed by atoms with Crippen LogP contribution in [0.3, 0.4) is 0 Å². The molecule has 1 heterocycles. The molecule has 1 fully saturated rings. The molecule has 20 heavy (non-hydrogen) atoms. The van der Waals surface area contributed by atoms with Gasteiger partial charge in [0.15, 0.2) is 0 Å². The maximum absolute atomic E-state index is 12.7. The van der Waals surface area contributed by atoms with E-state index < -0.39 is 16.1 Å². The molecular weight excluding hydrogens is 346 g/mol. The maximum atomic E-state index is 12.7. The number of hydrogen-bond acceptors (Lipinski definition) is 4. The third-order valence-electron chi connectivity index (χ3n) is 3.20. The summed E-state index contributed by atoms with van der Waals surface area (Å²) >= 11 is 3.31. The highest BCUT2D eigenvalue weighted by Crippen LogP contribution is 2.28. The molecule has 1 aromatic rings. The van der Waals surface area contributed by atoms with Gasteiger partial charge in [0.1, 0.15) is 0 Å². The second kappa shape index (κ2) is 6.11. The Bertz CT molecular complexity index is 590. The lowest BCUT2D eigenvalue weighted by Crippen LogP contribution is -2.50. The Labute approximate surface area is 127 Å². The molecule has 2 rings (SSSR count). The van der Waals surface area contributed by atoms with E-state index in [1.807, 2.05) is 6.92 Å². The van der Waals surface area contributed by atoms with Crippen molar-refractivity contribution < 1.29 is 18.3 Å². The molecule has 112 valence electrons. The van der Waals surface area contributed by atoms with Gasteiger partial charge in [-0.15, -0.1) is 0 Å². The first-order valence-corrected chi connectivity index (χ1v) is 8.60. The molecule has 1 aliphatic rings. The summed E-state index contributed by atoms with van der Waals surface area (Å²) in [6.07, 6.45) is -0.711. The Hall–Kier alpha value is -0.470. The van der Waals surface area contributed by atoms with Crippen LogP contribution in [0.15, 0.2) is 27.6 Å². The summed E-state index contributed by atoms with van der Waals surface area (Å²) in [5.74, 6) is 0. The van der Waals surface area contributed by atoms with Crippen molar-refractivity contribution in [2.75, 3.05) is 19.7 Å². The minimum Gasteiger partial charge on any atom is -0.394 e. The normalized spacial score (nSPS) is 24.8. The van der Waals surface area contributed by atoms with Gasteiger partial charge in [-0.05, 0) is 47.5 Å². The van der Waals surface area contributed by atoms with Crippen LogP contribution < -0.4 is 0 Å². The van der Waals surface area contributed by atoms with Gasteiger partial charge in [0.25, 0.3) is 0 Å². The first-order valence-electron chi connectivity index (χ1n) is 6.37. The van der Waals surface area contributed by atoms with Crippen LogP contribution in [0.25, 0.3) is 0 Å². The van der Waals surface area contributed by atoms with Crippen molar-refractivity contribution in [1.29, 1.82) is 0 Å². The molecule has 0 bridgehead atoms. The number of hydrogen-bond donors (Lipinski definition) is 1. The minimum atomic E-state index is -3.59. The topological polar surface area (TPSA) is 66.8 Å². The highest BCUT2D eigenvalue weighted by Gasteiger charge is 2.34. The summed E-state index contributed by atoms with van der Waals surface area (Å²) in [7, 11) is -3.59. The van der Waals surface area contributed by atoms with Crippen molar-refractivity contribution in [3.8, 4) is 0 Å². The summed E-state index contributed by atoms with van der Waals surface area (Å²) in [5.41, 5.74) is 0.986. The molecule has 1 aromatic carbocycles. The number of nitrogens with zero attached hydrogens (tertiary/aromatic N) is 1. The van der Waals surface area contributed by atoms with Gasteiger partial charge in [0, 0.05) is 17.6 Å². The summed E-state index contributed by atoms with van der Waals surface area (Å²) in [6, 6.07) is 5.15. The number of ether oxygens (including phenoxy) is 1. The zero-order valence-corrected chi connectivity index (χ0v) is 13.8. The fourth-order valence-electron chi connectivity index (χ4n) is 2.25. The molecule has 0 amide bonds. The quantitative estimate of drug-likeness (QED) is 0.884. The zero-order valence-electron chi connectivity index (χ0n) is 11.4. The van der Waals surface area contributed by atoms with Gasteiger partial charge in [0.05, 0.1) is 23.7 Å². The van der Waals surface area contributed by atoms with E-state index in [1.54, 1.807) is 25.1 Å². The van der Waals surface area contributed by atoms with E-state index in [2.05, 4.69) is 15.9 Å². The monoisotopic (exact) mass is 363 g/mol. The number of aryl methyl sites for hydroxylation is 1. The average molecular weight is 364 g/mol. The number of aliphatic hydroxyl groups excluding tert-OH is 1. The lowest BCUT2D eigenvalue weighted by molar-refractivity contribution is -0.0750. The Morgan fingerprint density at radius 3 is 2.75 bits per heavy atom. The summed E-state index contributed by atoms with van der Waals surface area (Å²) in [4.78, 5) is 0.244. The molecule has 2 unspecified atom stereocenters. The maximum Gasteiger partial charge on any atom is 0.244 e. The van der Waals surface area contributed by atoms with Crippen molar-refractivity contribution in [3.05, 3.63) is 28.2 Å². The number of sulfonamides is 1. The molecule has 0 aliphatic carbocycles. The highest BCUT2D eigenvalue weighted by molar-refractivity contribution is 9.10. The van der Waals surface area contributed by atoms with Crippen LogP contribution in [0.5, 0.6) is 0 Å². The molecule has 1 N–H and O–H groups in total. The van der Waals surface area contributed by atoms with Gasteiger partial charge in [-0.3, -0.25) is 0 Å². The van der Waals surface area contributed by atoms with Gasteiger partial charge in [0.2, 0.25) is 10.0 Å². The molecule has 7 heteroatoms. The SMILES string of the molecule is Cc1ccc(S(=O)(=O)N2CC(C)OC(CO)C2)c(Br)c1. The van der Waals surface area contributed by atoms with Crippen LogP contribution >= 0.6 is 15.9 Å². The number of morpholine rings is 1. The Balaban J connectivity index is 2.34. The summed E-state index contributed by atoms with van der Waals surface area (Å²) in [6.45, 7) is 3.97. The number of halogens is 1. The predicted octanol–water partition coefficient (Wildman–Crippen LogP) is 1.53. The fourth-order valence-corrected chi connectivity index (χ4v) is 4.95. The average Bonchev–Trinajstić information content (AvgIpc) is 2.37. The van der Waals surface area contributed by atoms with Crippen molar-refractivity contribution >= 4 is 26.0 Å². The Kier molecular flexibility index (Phi) is 4.86. The largest absolute Gasteiger partial charge is 0.394 e. The lowest BCUT2D eigenvalue weighted by Gasteiger charge is -2.35. The molecule has 5 nitrogen and oxygen atoms in total. The standard InChI is InChI=1S/C13H18BrNO4S/c1-9-3-4-13(12(14)5-9)20(17,18)15-6-10(2)19-11(7-15)8-16/h3-5,10-11,16H,6-8H2,1-2H3.